The van der Waals surface area contributed by atoms with Crippen LogP contribution in [0.5, 0.6) is 0 Å². The van der Waals surface area contributed by atoms with E-state index >= 15 is 0 Å². The van der Waals surface area contributed by atoms with Gasteiger partial charge in [-0.25, -0.2) is 0 Å². The summed E-state index contributed by atoms with van der Waals surface area (Å²) in [4.78, 5) is 1.38. The summed E-state index contributed by atoms with van der Waals surface area (Å²) in [7, 11) is 0. The van der Waals surface area contributed by atoms with Crippen LogP contribution in [0.1, 0.15) is 24.6 Å². The molecule has 1 aromatic rings. The van der Waals surface area contributed by atoms with Gasteiger partial charge in [-0.3, -0.25) is 0 Å². The first kappa shape index (κ1) is 11.7. The van der Waals surface area contributed by atoms with E-state index in [1.54, 1.807) is 11.3 Å². The lowest BCUT2D eigenvalue weighted by Gasteiger charge is -2.13. The Morgan fingerprint density at radius 3 is 3.00 bits per heavy atom. The number of thiophene rings is 1. The van der Waals surface area contributed by atoms with E-state index in [9.17, 15) is 0 Å². The number of aliphatic hydroxyl groups is 1. The smallest absolute Gasteiger partial charge is 0.0434 e. The monoisotopic (exact) mass is 213 g/mol. The van der Waals surface area contributed by atoms with E-state index in [4.69, 9.17) is 5.11 Å². The van der Waals surface area contributed by atoms with Crippen molar-refractivity contribution in [2.75, 3.05) is 13.2 Å². The Morgan fingerprint density at radius 1 is 1.57 bits per heavy atom. The molecule has 0 radical (unpaired) electrons. The van der Waals surface area contributed by atoms with Gasteiger partial charge in [-0.05, 0) is 30.3 Å². The third kappa shape index (κ3) is 4.22. The lowest BCUT2D eigenvalue weighted by atomic mass is 10.0. The summed E-state index contributed by atoms with van der Waals surface area (Å²) >= 11 is 1.78. The minimum Gasteiger partial charge on any atom is -0.396 e. The molecule has 1 unspecified atom stereocenters. The van der Waals surface area contributed by atoms with Crippen LogP contribution < -0.4 is 5.32 Å². The van der Waals surface area contributed by atoms with Crippen LogP contribution in [0.4, 0.5) is 0 Å². The van der Waals surface area contributed by atoms with Gasteiger partial charge in [0.2, 0.25) is 0 Å². The van der Waals surface area contributed by atoms with Gasteiger partial charge in [-0.2, -0.15) is 0 Å². The third-order valence-electron chi connectivity index (χ3n) is 2.43. The van der Waals surface area contributed by atoms with Crippen LogP contribution in [0.2, 0.25) is 0 Å². The van der Waals surface area contributed by atoms with Gasteiger partial charge >= 0.3 is 0 Å². The van der Waals surface area contributed by atoms with Gasteiger partial charge in [-0.15, -0.1) is 11.3 Å². The van der Waals surface area contributed by atoms with Crippen molar-refractivity contribution in [2.45, 2.75) is 26.3 Å². The zero-order valence-corrected chi connectivity index (χ0v) is 9.52. The SMILES string of the molecule is CCC(CCO)CNCc1cccs1. The summed E-state index contributed by atoms with van der Waals surface area (Å²) in [6.45, 7) is 4.45. The average molecular weight is 213 g/mol. The highest BCUT2D eigenvalue weighted by atomic mass is 32.1. The largest absolute Gasteiger partial charge is 0.396 e. The van der Waals surface area contributed by atoms with Crippen molar-refractivity contribution in [3.8, 4) is 0 Å². The number of aliphatic hydroxyl groups excluding tert-OH is 1. The molecule has 0 amide bonds. The molecule has 1 atom stereocenters. The van der Waals surface area contributed by atoms with Crippen molar-refractivity contribution in [3.05, 3.63) is 22.4 Å². The highest BCUT2D eigenvalue weighted by Gasteiger charge is 2.04. The Morgan fingerprint density at radius 2 is 2.43 bits per heavy atom. The van der Waals surface area contributed by atoms with Crippen molar-refractivity contribution in [3.63, 3.8) is 0 Å². The zero-order chi connectivity index (χ0) is 10.2. The molecule has 0 aliphatic carbocycles. The number of rotatable bonds is 7. The van der Waals surface area contributed by atoms with Crippen molar-refractivity contribution in [1.29, 1.82) is 0 Å². The topological polar surface area (TPSA) is 32.3 Å². The van der Waals surface area contributed by atoms with Crippen LogP contribution in [0.15, 0.2) is 17.5 Å². The second-order valence-electron chi connectivity index (χ2n) is 3.50. The maximum atomic E-state index is 8.83. The summed E-state index contributed by atoms with van der Waals surface area (Å²) < 4.78 is 0. The van der Waals surface area contributed by atoms with Gasteiger partial charge in [-0.1, -0.05) is 19.4 Å². The fraction of sp³-hybridized carbons (Fsp3) is 0.636. The Balaban J connectivity index is 2.13. The van der Waals surface area contributed by atoms with Gasteiger partial charge in [0.25, 0.3) is 0 Å². The molecule has 0 saturated heterocycles. The van der Waals surface area contributed by atoms with E-state index in [2.05, 4.69) is 29.8 Å². The van der Waals surface area contributed by atoms with Crippen LogP contribution in [-0.4, -0.2) is 18.3 Å². The molecule has 2 N–H and O–H groups in total. The Labute approximate surface area is 90.0 Å². The number of hydrogen-bond donors (Lipinski definition) is 2. The average Bonchev–Trinajstić information content (AvgIpc) is 2.69. The van der Waals surface area contributed by atoms with Crippen LogP contribution in [0.25, 0.3) is 0 Å². The van der Waals surface area contributed by atoms with E-state index < -0.39 is 0 Å². The van der Waals surface area contributed by atoms with Gasteiger partial charge in [0.1, 0.15) is 0 Å². The molecular formula is C11H19NOS. The molecule has 0 aromatic carbocycles. The van der Waals surface area contributed by atoms with Crippen molar-refractivity contribution in [2.24, 2.45) is 5.92 Å². The lowest BCUT2D eigenvalue weighted by molar-refractivity contribution is 0.251. The molecule has 0 aliphatic rings. The van der Waals surface area contributed by atoms with E-state index in [0.717, 1.165) is 25.9 Å². The van der Waals surface area contributed by atoms with Crippen molar-refractivity contribution in [1.82, 2.24) is 5.32 Å². The molecule has 14 heavy (non-hydrogen) atoms. The van der Waals surface area contributed by atoms with Crippen LogP contribution in [-0.2, 0) is 6.54 Å². The van der Waals surface area contributed by atoms with E-state index in [1.807, 2.05) is 0 Å². The standard InChI is InChI=1S/C11H19NOS/c1-2-10(5-6-13)8-12-9-11-4-3-7-14-11/h3-4,7,10,12-13H,2,5-6,8-9H2,1H3. The lowest BCUT2D eigenvalue weighted by Crippen LogP contribution is -2.22. The van der Waals surface area contributed by atoms with E-state index in [-0.39, 0.29) is 0 Å². The predicted molar refractivity (Wildman–Crippen MR) is 61.5 cm³/mol. The highest BCUT2D eigenvalue weighted by Crippen LogP contribution is 2.09. The maximum absolute atomic E-state index is 8.83. The fourth-order valence-electron chi connectivity index (χ4n) is 1.45. The highest BCUT2D eigenvalue weighted by molar-refractivity contribution is 7.09. The molecular weight excluding hydrogens is 194 g/mol. The molecule has 0 saturated carbocycles. The first-order valence-electron chi connectivity index (χ1n) is 5.20. The second-order valence-corrected chi connectivity index (χ2v) is 4.53. The van der Waals surface area contributed by atoms with Gasteiger partial charge in [0.15, 0.2) is 0 Å². The van der Waals surface area contributed by atoms with E-state index in [0.29, 0.717) is 12.5 Å². The third-order valence-corrected chi connectivity index (χ3v) is 3.30. The van der Waals surface area contributed by atoms with Gasteiger partial charge in [0, 0.05) is 18.0 Å². The van der Waals surface area contributed by atoms with E-state index in [1.165, 1.54) is 4.88 Å². The molecule has 0 aliphatic heterocycles. The molecule has 3 heteroatoms. The van der Waals surface area contributed by atoms with Crippen LogP contribution >= 0.6 is 11.3 Å². The Bertz CT molecular complexity index is 223. The Kier molecular flexibility index (Phi) is 5.83. The van der Waals surface area contributed by atoms with Crippen molar-refractivity contribution < 1.29 is 5.11 Å². The first-order valence-corrected chi connectivity index (χ1v) is 6.08. The molecule has 1 heterocycles. The molecule has 0 bridgehead atoms. The molecule has 1 aromatic heterocycles. The number of hydrogen-bond acceptors (Lipinski definition) is 3. The predicted octanol–water partition coefficient (Wildman–Crippen LogP) is 2.25. The van der Waals surface area contributed by atoms with Crippen molar-refractivity contribution >= 4 is 11.3 Å². The summed E-state index contributed by atoms with van der Waals surface area (Å²) in [5.74, 6) is 0.611. The van der Waals surface area contributed by atoms with Crippen LogP contribution in [0, 0.1) is 5.92 Å². The summed E-state index contributed by atoms with van der Waals surface area (Å²) in [5, 5.41) is 14.3. The molecule has 80 valence electrons. The minimum atomic E-state index is 0.305. The summed E-state index contributed by atoms with van der Waals surface area (Å²) in [6.07, 6.45) is 2.05. The van der Waals surface area contributed by atoms with Gasteiger partial charge in [0.05, 0.1) is 0 Å². The van der Waals surface area contributed by atoms with Crippen LogP contribution in [0.3, 0.4) is 0 Å². The first-order chi connectivity index (χ1) is 6.86. The number of nitrogens with one attached hydrogen (secondary N) is 1. The summed E-state index contributed by atoms with van der Waals surface area (Å²) in [6, 6.07) is 4.22. The fourth-order valence-corrected chi connectivity index (χ4v) is 2.12. The quantitative estimate of drug-likeness (QED) is 0.728. The van der Waals surface area contributed by atoms with Gasteiger partial charge < -0.3 is 10.4 Å². The second kappa shape index (κ2) is 6.98. The molecule has 0 spiro atoms. The maximum Gasteiger partial charge on any atom is 0.0434 e. The minimum absolute atomic E-state index is 0.305. The summed E-state index contributed by atoms with van der Waals surface area (Å²) in [5.41, 5.74) is 0. The molecule has 0 fully saturated rings. The molecule has 2 nitrogen and oxygen atoms in total. The molecule has 1 rings (SSSR count). The zero-order valence-electron chi connectivity index (χ0n) is 8.70. The normalized spacial score (nSPS) is 13.0. The Hall–Kier alpha value is -0.380.